The van der Waals surface area contributed by atoms with Crippen LogP contribution in [0.15, 0.2) is 51.7 Å². The summed E-state index contributed by atoms with van der Waals surface area (Å²) in [7, 11) is 0. The van der Waals surface area contributed by atoms with E-state index in [1.165, 1.54) is 6.07 Å². The summed E-state index contributed by atoms with van der Waals surface area (Å²) in [4.78, 5) is 24.5. The fourth-order valence-corrected chi connectivity index (χ4v) is 3.04. The molecule has 0 radical (unpaired) electrons. The predicted molar refractivity (Wildman–Crippen MR) is 111 cm³/mol. The fourth-order valence-electron chi connectivity index (χ4n) is 3.04. The lowest BCUT2D eigenvalue weighted by molar-refractivity contribution is 0.0475. The van der Waals surface area contributed by atoms with Gasteiger partial charge in [0, 0.05) is 29.2 Å². The van der Waals surface area contributed by atoms with Crippen molar-refractivity contribution >= 4 is 22.6 Å². The van der Waals surface area contributed by atoms with Gasteiger partial charge in [0.1, 0.15) is 12.2 Å². The number of esters is 1. The average Bonchev–Trinajstić information content (AvgIpc) is 2.68. The van der Waals surface area contributed by atoms with E-state index >= 15 is 0 Å². The van der Waals surface area contributed by atoms with Crippen molar-refractivity contribution < 1.29 is 13.9 Å². The number of aryl methyl sites for hydroxylation is 2. The molecule has 5 heteroatoms. The molecule has 1 N–H and O–H groups in total. The number of benzene rings is 2. The highest BCUT2D eigenvalue weighted by atomic mass is 16.5. The van der Waals surface area contributed by atoms with Crippen LogP contribution in [0.3, 0.4) is 0 Å². The summed E-state index contributed by atoms with van der Waals surface area (Å²) in [6, 6.07) is 12.5. The Bertz CT molecular complexity index is 1050. The lowest BCUT2D eigenvalue weighted by Crippen LogP contribution is -2.11. The zero-order valence-electron chi connectivity index (χ0n) is 16.5. The zero-order valence-corrected chi connectivity index (χ0v) is 16.5. The van der Waals surface area contributed by atoms with Gasteiger partial charge in [0.05, 0.1) is 5.56 Å². The van der Waals surface area contributed by atoms with Gasteiger partial charge in [-0.05, 0) is 55.7 Å². The molecule has 0 aliphatic heterocycles. The number of nitrogens with one attached hydrogen (secondary N) is 1. The maximum absolute atomic E-state index is 12.6. The molecule has 2 aromatic carbocycles. The molecule has 1 heterocycles. The Morgan fingerprint density at radius 3 is 2.64 bits per heavy atom. The minimum atomic E-state index is -0.455. The van der Waals surface area contributed by atoms with E-state index in [0.717, 1.165) is 41.6 Å². The van der Waals surface area contributed by atoms with E-state index in [-0.39, 0.29) is 6.61 Å². The summed E-state index contributed by atoms with van der Waals surface area (Å²) >= 11 is 0. The number of hydrogen-bond donors (Lipinski definition) is 1. The highest BCUT2D eigenvalue weighted by Gasteiger charge is 2.14. The van der Waals surface area contributed by atoms with Gasteiger partial charge in [0.15, 0.2) is 0 Å². The molecule has 3 rings (SSSR count). The second-order valence-corrected chi connectivity index (χ2v) is 6.93. The van der Waals surface area contributed by atoms with E-state index in [0.29, 0.717) is 16.7 Å². The minimum Gasteiger partial charge on any atom is -0.457 e. The van der Waals surface area contributed by atoms with Crippen LogP contribution >= 0.6 is 0 Å². The monoisotopic (exact) mass is 379 g/mol. The van der Waals surface area contributed by atoms with Gasteiger partial charge in [-0.25, -0.2) is 9.59 Å². The molecule has 0 aliphatic rings. The molecule has 146 valence electrons. The number of rotatable bonds is 7. The van der Waals surface area contributed by atoms with Crippen LogP contribution in [0.2, 0.25) is 0 Å². The Morgan fingerprint density at radius 2 is 1.86 bits per heavy atom. The minimum absolute atomic E-state index is 0.00668. The smallest absolute Gasteiger partial charge is 0.340 e. The lowest BCUT2D eigenvalue weighted by atomic mass is 10.0. The summed E-state index contributed by atoms with van der Waals surface area (Å²) < 4.78 is 10.8. The van der Waals surface area contributed by atoms with Crippen molar-refractivity contribution in [2.75, 3.05) is 11.9 Å². The standard InChI is InChI=1S/C23H25NO4/c1-4-5-10-24-20-9-7-6-8-18(20)23(26)27-14-17-13-22(25)28-21-12-16(3)15(2)11-19(17)21/h6-9,11-13,24H,4-5,10,14H2,1-3H3. The first-order chi connectivity index (χ1) is 13.5. The van der Waals surface area contributed by atoms with Gasteiger partial charge >= 0.3 is 11.6 Å². The van der Waals surface area contributed by atoms with Crippen LogP contribution in [0.4, 0.5) is 5.69 Å². The largest absolute Gasteiger partial charge is 0.457 e. The van der Waals surface area contributed by atoms with Crippen molar-refractivity contribution in [3.05, 3.63) is 75.1 Å². The first-order valence-electron chi connectivity index (χ1n) is 9.53. The van der Waals surface area contributed by atoms with Crippen molar-refractivity contribution in [2.45, 2.75) is 40.2 Å². The second-order valence-electron chi connectivity index (χ2n) is 6.93. The predicted octanol–water partition coefficient (Wildman–Crippen LogP) is 4.98. The molecule has 1 aromatic heterocycles. The summed E-state index contributed by atoms with van der Waals surface area (Å²) in [5.41, 5.74) is 4.05. The van der Waals surface area contributed by atoms with Crippen LogP contribution in [0, 0.1) is 13.8 Å². The third kappa shape index (κ3) is 4.42. The van der Waals surface area contributed by atoms with Crippen LogP contribution in [0.1, 0.15) is 46.8 Å². The number of carbonyl (C=O) groups is 1. The molecular weight excluding hydrogens is 354 g/mol. The molecule has 0 saturated heterocycles. The molecule has 0 atom stereocenters. The molecular formula is C23H25NO4. The molecule has 0 spiro atoms. The van der Waals surface area contributed by atoms with Gasteiger partial charge in [0.2, 0.25) is 0 Å². The molecule has 0 bridgehead atoms. The van der Waals surface area contributed by atoms with Crippen molar-refractivity contribution in [1.29, 1.82) is 0 Å². The summed E-state index contributed by atoms with van der Waals surface area (Å²) in [5, 5.41) is 4.06. The van der Waals surface area contributed by atoms with E-state index in [4.69, 9.17) is 9.15 Å². The Hall–Kier alpha value is -3.08. The number of unbranched alkanes of at least 4 members (excludes halogenated alkanes) is 1. The van der Waals surface area contributed by atoms with Gasteiger partial charge in [0.25, 0.3) is 0 Å². The second kappa shape index (κ2) is 8.74. The molecule has 28 heavy (non-hydrogen) atoms. The number of carbonyl (C=O) groups excluding carboxylic acids is 1. The quantitative estimate of drug-likeness (QED) is 0.356. The average molecular weight is 379 g/mol. The van der Waals surface area contributed by atoms with E-state index in [2.05, 4.69) is 12.2 Å². The van der Waals surface area contributed by atoms with Crippen LogP contribution in [0.25, 0.3) is 11.0 Å². The van der Waals surface area contributed by atoms with Gasteiger partial charge in [-0.1, -0.05) is 25.5 Å². The van der Waals surface area contributed by atoms with Crippen molar-refractivity contribution in [2.24, 2.45) is 0 Å². The molecule has 0 amide bonds. The Labute approximate surface area is 164 Å². The molecule has 0 aliphatic carbocycles. The Morgan fingerprint density at radius 1 is 1.11 bits per heavy atom. The Balaban J connectivity index is 1.82. The number of fused-ring (bicyclic) bond motifs is 1. The van der Waals surface area contributed by atoms with Gasteiger partial charge in [-0.2, -0.15) is 0 Å². The van der Waals surface area contributed by atoms with E-state index in [1.54, 1.807) is 12.1 Å². The third-order valence-electron chi connectivity index (χ3n) is 4.80. The van der Waals surface area contributed by atoms with Gasteiger partial charge < -0.3 is 14.5 Å². The first kappa shape index (κ1) is 19.7. The molecule has 0 unspecified atom stereocenters. The van der Waals surface area contributed by atoms with Gasteiger partial charge in [-0.3, -0.25) is 0 Å². The number of ether oxygens (including phenoxy) is 1. The molecule has 3 aromatic rings. The number of hydrogen-bond acceptors (Lipinski definition) is 5. The van der Waals surface area contributed by atoms with Gasteiger partial charge in [-0.15, -0.1) is 0 Å². The van der Waals surface area contributed by atoms with Crippen LogP contribution < -0.4 is 10.9 Å². The molecule has 0 fully saturated rings. The molecule has 0 saturated carbocycles. The summed E-state index contributed by atoms with van der Waals surface area (Å²) in [6.07, 6.45) is 2.09. The zero-order chi connectivity index (χ0) is 20.1. The SMILES string of the molecule is CCCCNc1ccccc1C(=O)OCc1cc(=O)oc2cc(C)c(C)cc12. The highest BCUT2D eigenvalue weighted by molar-refractivity contribution is 5.95. The van der Waals surface area contributed by atoms with Crippen molar-refractivity contribution in [3.8, 4) is 0 Å². The topological polar surface area (TPSA) is 68.5 Å². The number of anilines is 1. The third-order valence-corrected chi connectivity index (χ3v) is 4.80. The van der Waals surface area contributed by atoms with Crippen LogP contribution in [-0.4, -0.2) is 12.5 Å². The summed E-state index contributed by atoms with van der Waals surface area (Å²) in [5.74, 6) is -0.426. The van der Waals surface area contributed by atoms with Crippen LogP contribution in [0.5, 0.6) is 0 Å². The number of para-hydroxylation sites is 1. The fraction of sp³-hybridized carbons (Fsp3) is 0.304. The highest BCUT2D eigenvalue weighted by Crippen LogP contribution is 2.23. The van der Waals surface area contributed by atoms with E-state index < -0.39 is 11.6 Å². The Kier molecular flexibility index (Phi) is 6.14. The van der Waals surface area contributed by atoms with Crippen molar-refractivity contribution in [3.63, 3.8) is 0 Å². The first-order valence-corrected chi connectivity index (χ1v) is 9.53. The van der Waals surface area contributed by atoms with E-state index in [9.17, 15) is 9.59 Å². The lowest BCUT2D eigenvalue weighted by Gasteiger charge is -2.12. The summed E-state index contributed by atoms with van der Waals surface area (Å²) in [6.45, 7) is 6.88. The normalized spacial score (nSPS) is 10.8. The van der Waals surface area contributed by atoms with E-state index in [1.807, 2.05) is 38.1 Å². The maximum Gasteiger partial charge on any atom is 0.340 e. The maximum atomic E-state index is 12.6. The van der Waals surface area contributed by atoms with Crippen molar-refractivity contribution in [1.82, 2.24) is 0 Å². The molecule has 5 nitrogen and oxygen atoms in total. The van der Waals surface area contributed by atoms with Crippen LogP contribution in [-0.2, 0) is 11.3 Å².